The minimum Gasteiger partial charge on any atom is -0.491 e. The van der Waals surface area contributed by atoms with E-state index in [1.807, 2.05) is 30.9 Å². The molecule has 0 radical (unpaired) electrons. The zero-order valence-corrected chi connectivity index (χ0v) is 20.4. The second kappa shape index (κ2) is 8.30. The van der Waals surface area contributed by atoms with E-state index in [2.05, 4.69) is 35.2 Å². The minimum atomic E-state index is -0.729. The lowest BCUT2D eigenvalue weighted by Gasteiger charge is -2.52. The highest BCUT2D eigenvalue weighted by molar-refractivity contribution is 5.69. The van der Waals surface area contributed by atoms with Crippen molar-refractivity contribution in [1.82, 2.24) is 9.80 Å². The summed E-state index contributed by atoms with van der Waals surface area (Å²) in [6.45, 7) is 7.24. The molecule has 4 fully saturated rings. The van der Waals surface area contributed by atoms with Crippen LogP contribution in [0.25, 0.3) is 11.1 Å². The van der Waals surface area contributed by atoms with Gasteiger partial charge in [-0.15, -0.1) is 0 Å². The van der Waals surface area contributed by atoms with Crippen LogP contribution in [0.3, 0.4) is 0 Å². The number of nitrogens with zero attached hydrogens (tertiary/aromatic N) is 2. The maximum Gasteiger partial charge on any atom is 0.408 e. The summed E-state index contributed by atoms with van der Waals surface area (Å²) in [5.74, 6) is 1.40. The van der Waals surface area contributed by atoms with Gasteiger partial charge in [0, 0.05) is 6.54 Å². The number of carboxylic acid groups (broad SMARTS) is 1. The van der Waals surface area contributed by atoms with Crippen molar-refractivity contribution in [3.8, 4) is 16.9 Å². The Bertz CT molecular complexity index is 1070. The van der Waals surface area contributed by atoms with Crippen molar-refractivity contribution >= 4 is 6.09 Å². The number of aryl methyl sites for hydroxylation is 1. The zero-order valence-electron chi connectivity index (χ0n) is 20.4. The molecule has 180 valence electrons. The molecule has 5 aliphatic rings. The molecule has 3 saturated heterocycles. The van der Waals surface area contributed by atoms with E-state index in [0.717, 1.165) is 63.9 Å². The molecule has 5 nitrogen and oxygen atoms in total. The van der Waals surface area contributed by atoms with Gasteiger partial charge < -0.3 is 14.7 Å². The molecule has 5 heteroatoms. The van der Waals surface area contributed by atoms with E-state index in [-0.39, 0.29) is 23.6 Å². The van der Waals surface area contributed by atoms with E-state index in [0.29, 0.717) is 5.92 Å². The van der Waals surface area contributed by atoms with Crippen LogP contribution in [0, 0.1) is 11.3 Å². The average molecular weight is 461 g/mol. The largest absolute Gasteiger partial charge is 0.491 e. The zero-order chi connectivity index (χ0) is 23.4. The fourth-order valence-corrected chi connectivity index (χ4v) is 6.94. The highest BCUT2D eigenvalue weighted by atomic mass is 16.5. The first-order valence-electron chi connectivity index (χ1n) is 13.1. The monoisotopic (exact) mass is 460 g/mol. The molecule has 1 spiro atoms. The summed E-state index contributed by atoms with van der Waals surface area (Å²) >= 11 is 0. The lowest BCUT2D eigenvalue weighted by Crippen LogP contribution is -2.60. The molecule has 2 aromatic rings. The first-order valence-corrected chi connectivity index (χ1v) is 13.1. The highest BCUT2D eigenvalue weighted by Gasteiger charge is 2.57. The molecule has 34 heavy (non-hydrogen) atoms. The standard InChI is InChI=1S/C29H36N2O3/c1-19(2)34-24-6-3-20(4-7-24)22-5-8-25-23(17-22)9-12-29(13-14-29)27(25)31(28(32)33)26-18-30-15-10-21(26)11-16-30/h3-8,17,19,21,26-27H,9-16,18H2,1-2H3,(H,32,33)/t26-,27?/m1/s1. The predicted molar refractivity (Wildman–Crippen MR) is 133 cm³/mol. The van der Waals surface area contributed by atoms with Crippen LogP contribution in [0.4, 0.5) is 4.79 Å². The lowest BCUT2D eigenvalue weighted by molar-refractivity contribution is -0.0243. The Morgan fingerprint density at radius 2 is 1.76 bits per heavy atom. The van der Waals surface area contributed by atoms with E-state index in [1.54, 1.807) is 0 Å². The summed E-state index contributed by atoms with van der Waals surface area (Å²) in [4.78, 5) is 17.2. The molecule has 7 rings (SSSR count). The van der Waals surface area contributed by atoms with Crippen LogP contribution in [0.15, 0.2) is 42.5 Å². The topological polar surface area (TPSA) is 53.0 Å². The number of rotatable bonds is 5. The summed E-state index contributed by atoms with van der Waals surface area (Å²) in [7, 11) is 0. The average Bonchev–Trinajstić information content (AvgIpc) is 3.61. The molecular weight excluding hydrogens is 424 g/mol. The van der Waals surface area contributed by atoms with Crippen LogP contribution >= 0.6 is 0 Å². The highest BCUT2D eigenvalue weighted by Crippen LogP contribution is 2.63. The minimum absolute atomic E-state index is 0.00447. The molecule has 2 atom stereocenters. The first kappa shape index (κ1) is 22.0. The van der Waals surface area contributed by atoms with Gasteiger partial charge in [0.1, 0.15) is 5.75 Å². The van der Waals surface area contributed by atoms with Crippen molar-refractivity contribution < 1.29 is 14.6 Å². The van der Waals surface area contributed by atoms with E-state index in [9.17, 15) is 9.90 Å². The molecule has 3 aliphatic heterocycles. The van der Waals surface area contributed by atoms with Crippen molar-refractivity contribution in [2.75, 3.05) is 19.6 Å². The van der Waals surface area contributed by atoms with Crippen molar-refractivity contribution in [2.45, 2.75) is 70.6 Å². The van der Waals surface area contributed by atoms with Crippen LogP contribution in [0.5, 0.6) is 5.75 Å². The van der Waals surface area contributed by atoms with E-state index in [4.69, 9.17) is 4.74 Å². The van der Waals surface area contributed by atoms with Gasteiger partial charge in [-0.05, 0) is 111 Å². The predicted octanol–water partition coefficient (Wildman–Crippen LogP) is 5.98. The SMILES string of the molecule is CC(C)Oc1ccc(-c2ccc3c(c2)CCC2(CC2)C3N(C(=O)O)[C@@H]2CN3CCC2CC3)cc1. The summed E-state index contributed by atoms with van der Waals surface area (Å²) in [5, 5.41) is 10.5. The van der Waals surface area contributed by atoms with Crippen molar-refractivity contribution in [1.29, 1.82) is 0 Å². The Labute approximate surface area is 202 Å². The van der Waals surface area contributed by atoms with Gasteiger partial charge in [-0.1, -0.05) is 30.3 Å². The molecule has 3 heterocycles. The molecular formula is C29H36N2O3. The molecule has 0 aromatic heterocycles. The number of hydrogen-bond donors (Lipinski definition) is 1. The third-order valence-corrected chi connectivity index (χ3v) is 8.84. The van der Waals surface area contributed by atoms with Gasteiger partial charge in [0.15, 0.2) is 0 Å². The Morgan fingerprint density at radius 3 is 2.35 bits per heavy atom. The quantitative estimate of drug-likeness (QED) is 0.596. The van der Waals surface area contributed by atoms with Crippen LogP contribution in [-0.4, -0.2) is 52.8 Å². The second-order valence-corrected chi connectivity index (χ2v) is 11.3. The Morgan fingerprint density at radius 1 is 1.06 bits per heavy atom. The Balaban J connectivity index is 1.34. The van der Waals surface area contributed by atoms with E-state index in [1.165, 1.54) is 22.3 Å². The van der Waals surface area contributed by atoms with Gasteiger partial charge in [0.25, 0.3) is 0 Å². The Hall–Kier alpha value is -2.53. The molecule has 2 aliphatic carbocycles. The number of fused-ring (bicyclic) bond motifs is 4. The van der Waals surface area contributed by atoms with Gasteiger partial charge in [-0.2, -0.15) is 0 Å². The van der Waals surface area contributed by atoms with Gasteiger partial charge in [-0.25, -0.2) is 4.79 Å². The third kappa shape index (κ3) is 3.78. The summed E-state index contributed by atoms with van der Waals surface area (Å²) in [5.41, 5.74) is 5.11. The number of benzene rings is 2. The van der Waals surface area contributed by atoms with Crippen LogP contribution in [0.1, 0.15) is 63.1 Å². The van der Waals surface area contributed by atoms with Crippen LogP contribution < -0.4 is 4.74 Å². The van der Waals surface area contributed by atoms with Crippen molar-refractivity contribution in [2.24, 2.45) is 11.3 Å². The maximum absolute atomic E-state index is 12.8. The van der Waals surface area contributed by atoms with Crippen molar-refractivity contribution in [3.05, 3.63) is 53.6 Å². The molecule has 2 bridgehead atoms. The molecule has 1 saturated carbocycles. The molecule has 1 unspecified atom stereocenters. The normalized spacial score (nSPS) is 28.6. The number of carbonyl (C=O) groups is 1. The molecule has 1 N–H and O–H groups in total. The molecule has 2 aromatic carbocycles. The van der Waals surface area contributed by atoms with Gasteiger partial charge >= 0.3 is 6.09 Å². The first-order chi connectivity index (χ1) is 16.4. The lowest BCUT2D eigenvalue weighted by atomic mass is 9.73. The van der Waals surface area contributed by atoms with E-state index < -0.39 is 6.09 Å². The van der Waals surface area contributed by atoms with E-state index >= 15 is 0 Å². The van der Waals surface area contributed by atoms with Crippen LogP contribution in [-0.2, 0) is 6.42 Å². The smallest absolute Gasteiger partial charge is 0.408 e. The van der Waals surface area contributed by atoms with Gasteiger partial charge in [0.2, 0.25) is 0 Å². The number of amides is 1. The third-order valence-electron chi connectivity index (χ3n) is 8.84. The van der Waals surface area contributed by atoms with Gasteiger partial charge in [0.05, 0.1) is 18.2 Å². The summed E-state index contributed by atoms with van der Waals surface area (Å²) in [6, 6.07) is 15.2. The second-order valence-electron chi connectivity index (χ2n) is 11.3. The molecule has 1 amide bonds. The summed E-state index contributed by atoms with van der Waals surface area (Å²) in [6.07, 6.45) is 6.15. The number of piperidine rings is 3. The van der Waals surface area contributed by atoms with Gasteiger partial charge in [-0.3, -0.25) is 4.90 Å². The Kier molecular flexibility index (Phi) is 5.36. The number of hydrogen-bond acceptors (Lipinski definition) is 3. The maximum atomic E-state index is 12.8. The van der Waals surface area contributed by atoms with Crippen LogP contribution in [0.2, 0.25) is 0 Å². The van der Waals surface area contributed by atoms with Crippen molar-refractivity contribution in [3.63, 3.8) is 0 Å². The number of ether oxygens (including phenoxy) is 1. The summed E-state index contributed by atoms with van der Waals surface area (Å²) < 4.78 is 5.80. The fraction of sp³-hybridized carbons (Fsp3) is 0.552. The fourth-order valence-electron chi connectivity index (χ4n) is 6.94.